The Morgan fingerprint density at radius 3 is 2.12 bits per heavy atom. The minimum absolute atomic E-state index is 0.281. The summed E-state index contributed by atoms with van der Waals surface area (Å²) < 4.78 is 32.4. The van der Waals surface area contributed by atoms with E-state index >= 15 is 0 Å². The van der Waals surface area contributed by atoms with Gasteiger partial charge in [-0.15, -0.1) is 0 Å². The van der Waals surface area contributed by atoms with Crippen LogP contribution in [0.4, 0.5) is 0 Å². The van der Waals surface area contributed by atoms with Gasteiger partial charge in [-0.1, -0.05) is 12.1 Å². The molecule has 0 unspecified atom stereocenters. The van der Waals surface area contributed by atoms with Crippen LogP contribution in [0.5, 0.6) is 0 Å². The Kier molecular flexibility index (Phi) is 6.27. The van der Waals surface area contributed by atoms with Gasteiger partial charge in [0.15, 0.2) is 0 Å². The molecule has 140 valence electrons. The molecule has 0 aromatic heterocycles. The Morgan fingerprint density at radius 1 is 1.08 bits per heavy atom. The van der Waals surface area contributed by atoms with E-state index in [1.807, 2.05) is 45.0 Å². The molecule has 0 amide bonds. The number of carbonyl (C=O) groups excluding carboxylic acids is 1. The van der Waals surface area contributed by atoms with Gasteiger partial charge in [-0.3, -0.25) is 4.18 Å². The van der Waals surface area contributed by atoms with Crippen molar-refractivity contribution in [2.75, 3.05) is 12.9 Å². The van der Waals surface area contributed by atoms with Gasteiger partial charge in [0, 0.05) is 0 Å². The zero-order valence-electron chi connectivity index (χ0n) is 15.4. The van der Waals surface area contributed by atoms with Gasteiger partial charge < -0.3 is 4.74 Å². The molecule has 1 saturated carbocycles. The first-order chi connectivity index (χ1) is 11.5. The highest BCUT2D eigenvalue weighted by atomic mass is 32.2. The molecule has 0 N–H and O–H groups in total. The Labute approximate surface area is 150 Å². The normalized spacial score (nSPS) is 21.8. The molecule has 0 aliphatic heterocycles. The van der Waals surface area contributed by atoms with Crippen LogP contribution in [0.1, 0.15) is 68.3 Å². The number of hydrogen-bond acceptors (Lipinski definition) is 5. The standard InChI is InChI=1S/C19H28O5S/c1-19(2,3)24-18(20)17-11-9-16(10-12-17)15-7-5-14(6-8-15)13-23-25(4,21)22/h9-12,14-15H,5-8,13H2,1-4H3. The average Bonchev–Trinajstić information content (AvgIpc) is 2.51. The molecule has 25 heavy (non-hydrogen) atoms. The van der Waals surface area contributed by atoms with Gasteiger partial charge in [0.2, 0.25) is 0 Å². The van der Waals surface area contributed by atoms with E-state index in [9.17, 15) is 13.2 Å². The quantitative estimate of drug-likeness (QED) is 0.582. The predicted molar refractivity (Wildman–Crippen MR) is 97.1 cm³/mol. The second-order valence-corrected chi connectivity index (χ2v) is 9.47. The summed E-state index contributed by atoms with van der Waals surface area (Å²) >= 11 is 0. The molecule has 1 fully saturated rings. The van der Waals surface area contributed by atoms with E-state index in [4.69, 9.17) is 8.92 Å². The Bertz CT molecular complexity index is 678. The predicted octanol–water partition coefficient (Wildman–Crippen LogP) is 3.89. The lowest BCUT2D eigenvalue weighted by Crippen LogP contribution is -2.24. The Hall–Kier alpha value is -1.40. The monoisotopic (exact) mass is 368 g/mol. The van der Waals surface area contributed by atoms with E-state index in [1.54, 1.807) is 0 Å². The molecule has 1 aromatic rings. The van der Waals surface area contributed by atoms with Crippen molar-refractivity contribution < 1.29 is 22.1 Å². The van der Waals surface area contributed by atoms with Crippen molar-refractivity contribution >= 4 is 16.1 Å². The van der Waals surface area contributed by atoms with Crippen molar-refractivity contribution in [3.8, 4) is 0 Å². The molecule has 6 heteroatoms. The van der Waals surface area contributed by atoms with Crippen molar-refractivity contribution in [3.05, 3.63) is 35.4 Å². The first kappa shape index (κ1) is 19.9. The van der Waals surface area contributed by atoms with Crippen molar-refractivity contribution in [1.82, 2.24) is 0 Å². The molecule has 1 aromatic carbocycles. The highest BCUT2D eigenvalue weighted by Crippen LogP contribution is 2.36. The molecule has 5 nitrogen and oxygen atoms in total. The van der Waals surface area contributed by atoms with Gasteiger partial charge in [0.1, 0.15) is 5.60 Å². The minimum atomic E-state index is -3.36. The van der Waals surface area contributed by atoms with E-state index in [2.05, 4.69) is 0 Å². The molecule has 0 saturated heterocycles. The molecule has 2 rings (SSSR count). The summed E-state index contributed by atoms with van der Waals surface area (Å²) in [5, 5.41) is 0. The average molecular weight is 368 g/mol. The van der Waals surface area contributed by atoms with Crippen LogP contribution in [0.25, 0.3) is 0 Å². The van der Waals surface area contributed by atoms with Crippen LogP contribution in [0.15, 0.2) is 24.3 Å². The summed E-state index contributed by atoms with van der Waals surface area (Å²) in [5.41, 5.74) is 1.28. The summed E-state index contributed by atoms with van der Waals surface area (Å²) in [7, 11) is -3.36. The lowest BCUT2D eigenvalue weighted by Gasteiger charge is -2.28. The molecule has 0 bridgehead atoms. The molecule has 0 atom stereocenters. The number of rotatable bonds is 5. The molecule has 1 aliphatic rings. The molecule has 0 radical (unpaired) electrons. The fourth-order valence-electron chi connectivity index (χ4n) is 3.11. The lowest BCUT2D eigenvalue weighted by molar-refractivity contribution is 0.00694. The maximum absolute atomic E-state index is 12.1. The van der Waals surface area contributed by atoms with Crippen molar-refractivity contribution in [1.29, 1.82) is 0 Å². The molecular formula is C19H28O5S. The Morgan fingerprint density at radius 2 is 1.64 bits per heavy atom. The highest BCUT2D eigenvalue weighted by molar-refractivity contribution is 7.85. The van der Waals surface area contributed by atoms with E-state index in [1.165, 1.54) is 5.56 Å². The van der Waals surface area contributed by atoms with Crippen LogP contribution >= 0.6 is 0 Å². The van der Waals surface area contributed by atoms with Crippen molar-refractivity contribution in [2.45, 2.75) is 58.0 Å². The fourth-order valence-corrected chi connectivity index (χ4v) is 3.55. The van der Waals surface area contributed by atoms with Gasteiger partial charge in [-0.2, -0.15) is 8.42 Å². The van der Waals surface area contributed by atoms with Gasteiger partial charge in [0.25, 0.3) is 10.1 Å². The molecule has 0 heterocycles. The third kappa shape index (κ3) is 6.78. The minimum Gasteiger partial charge on any atom is -0.456 e. The van der Waals surface area contributed by atoms with Crippen molar-refractivity contribution in [3.63, 3.8) is 0 Å². The van der Waals surface area contributed by atoms with Gasteiger partial charge in [0.05, 0.1) is 18.4 Å². The van der Waals surface area contributed by atoms with Gasteiger partial charge in [-0.05, 0) is 76.0 Å². The number of ether oxygens (including phenoxy) is 1. The van der Waals surface area contributed by atoms with Crippen LogP contribution in [-0.2, 0) is 19.0 Å². The first-order valence-electron chi connectivity index (χ1n) is 8.71. The van der Waals surface area contributed by atoms with Crippen molar-refractivity contribution in [2.24, 2.45) is 5.92 Å². The third-order valence-electron chi connectivity index (χ3n) is 4.38. The zero-order valence-corrected chi connectivity index (χ0v) is 16.3. The third-order valence-corrected chi connectivity index (χ3v) is 4.95. The SMILES string of the molecule is CC(C)(C)OC(=O)c1ccc(C2CCC(COS(C)(=O)=O)CC2)cc1. The van der Waals surface area contributed by atoms with E-state index in [0.717, 1.165) is 31.9 Å². The summed E-state index contributed by atoms with van der Waals surface area (Å²) in [6.45, 7) is 5.84. The second kappa shape index (κ2) is 7.87. The maximum atomic E-state index is 12.1. The van der Waals surface area contributed by atoms with Crippen LogP contribution in [0.2, 0.25) is 0 Å². The Balaban J connectivity index is 1.88. The van der Waals surface area contributed by atoms with Gasteiger partial charge >= 0.3 is 5.97 Å². The maximum Gasteiger partial charge on any atom is 0.338 e. The smallest absolute Gasteiger partial charge is 0.338 e. The van der Waals surface area contributed by atoms with Crippen LogP contribution in [0.3, 0.4) is 0 Å². The van der Waals surface area contributed by atoms with E-state index < -0.39 is 15.7 Å². The van der Waals surface area contributed by atoms with Crippen LogP contribution in [0, 0.1) is 5.92 Å². The number of esters is 1. The molecule has 1 aliphatic carbocycles. The summed E-state index contributed by atoms with van der Waals surface area (Å²) in [5.74, 6) is 0.440. The topological polar surface area (TPSA) is 69.7 Å². The molecule has 0 spiro atoms. The highest BCUT2D eigenvalue weighted by Gasteiger charge is 2.24. The van der Waals surface area contributed by atoms with E-state index in [-0.39, 0.29) is 12.6 Å². The zero-order chi connectivity index (χ0) is 18.7. The summed E-state index contributed by atoms with van der Waals surface area (Å²) in [6, 6.07) is 7.64. The van der Waals surface area contributed by atoms with E-state index in [0.29, 0.717) is 17.4 Å². The summed E-state index contributed by atoms with van der Waals surface area (Å²) in [4.78, 5) is 12.1. The largest absolute Gasteiger partial charge is 0.456 e. The van der Waals surface area contributed by atoms with Crippen LogP contribution in [-0.4, -0.2) is 32.9 Å². The first-order valence-corrected chi connectivity index (χ1v) is 10.5. The second-order valence-electron chi connectivity index (χ2n) is 7.83. The fraction of sp³-hybridized carbons (Fsp3) is 0.632. The van der Waals surface area contributed by atoms with Crippen LogP contribution < -0.4 is 0 Å². The number of carbonyl (C=O) groups is 1. The summed E-state index contributed by atoms with van der Waals surface area (Å²) in [6.07, 6.45) is 5.00. The number of hydrogen-bond donors (Lipinski definition) is 0. The van der Waals surface area contributed by atoms with Gasteiger partial charge in [-0.25, -0.2) is 4.79 Å². The number of benzene rings is 1. The lowest BCUT2D eigenvalue weighted by atomic mass is 9.79. The molecular weight excluding hydrogens is 340 g/mol.